The van der Waals surface area contributed by atoms with Gasteiger partial charge in [-0.05, 0) is 31.6 Å². The van der Waals surface area contributed by atoms with Crippen molar-refractivity contribution in [2.75, 3.05) is 32.8 Å². The molecule has 10 nitrogen and oxygen atoms in total. The summed E-state index contributed by atoms with van der Waals surface area (Å²) in [5.74, 6) is 0.419. The Bertz CT molecular complexity index is 1090. The molecule has 4 fully saturated rings. The summed E-state index contributed by atoms with van der Waals surface area (Å²) in [6.07, 6.45) is 7.06. The molecule has 0 radical (unpaired) electrons. The average molecular weight is 426 g/mol. The Morgan fingerprint density at radius 3 is 2.94 bits per heavy atom. The first kappa shape index (κ1) is 18.9. The molecule has 6 rings (SSSR count). The van der Waals surface area contributed by atoms with Crippen molar-refractivity contribution in [3.05, 3.63) is 34.6 Å². The fourth-order valence-electron chi connectivity index (χ4n) is 5.94. The van der Waals surface area contributed by atoms with Crippen molar-refractivity contribution in [1.82, 2.24) is 29.5 Å². The smallest absolute Gasteiger partial charge is 0.331 e. The van der Waals surface area contributed by atoms with E-state index in [-0.39, 0.29) is 41.8 Å². The lowest BCUT2D eigenvalue weighted by atomic mass is 9.57. The Balaban J connectivity index is 1.01. The van der Waals surface area contributed by atoms with Crippen LogP contribution in [-0.4, -0.2) is 81.0 Å². The maximum atomic E-state index is 12.9. The van der Waals surface area contributed by atoms with Crippen LogP contribution in [0.1, 0.15) is 25.0 Å². The van der Waals surface area contributed by atoms with Gasteiger partial charge < -0.3 is 24.8 Å². The summed E-state index contributed by atoms with van der Waals surface area (Å²) in [6, 6.07) is 1.92. The quantitative estimate of drug-likeness (QED) is 0.701. The predicted molar refractivity (Wildman–Crippen MR) is 110 cm³/mol. The lowest BCUT2D eigenvalue weighted by molar-refractivity contribution is -0.140. The number of aromatic amines is 1. The number of aromatic nitrogens is 3. The minimum Gasteiger partial charge on any atom is -0.366 e. The van der Waals surface area contributed by atoms with E-state index in [0.29, 0.717) is 24.7 Å². The molecule has 4 aliphatic rings. The molecule has 0 unspecified atom stereocenters. The highest BCUT2D eigenvalue weighted by Crippen LogP contribution is 2.53. The number of imidazole rings is 1. The highest BCUT2D eigenvalue weighted by atomic mass is 16.5. The molecule has 1 spiro atoms. The number of carbonyl (C=O) groups excluding carboxylic acids is 2. The van der Waals surface area contributed by atoms with Crippen molar-refractivity contribution < 1.29 is 14.3 Å². The predicted octanol–water partition coefficient (Wildman–Crippen LogP) is -0.0136. The van der Waals surface area contributed by atoms with Crippen molar-refractivity contribution in [2.24, 2.45) is 11.3 Å². The zero-order valence-corrected chi connectivity index (χ0v) is 17.2. The number of hydrogen-bond acceptors (Lipinski definition) is 5. The number of fused-ring (bicyclic) bond motifs is 2. The van der Waals surface area contributed by atoms with Gasteiger partial charge in [0.15, 0.2) is 0 Å². The molecule has 5 heterocycles. The van der Waals surface area contributed by atoms with Gasteiger partial charge in [-0.2, -0.15) is 0 Å². The maximum absolute atomic E-state index is 12.9. The summed E-state index contributed by atoms with van der Waals surface area (Å²) in [6.45, 7) is 2.91. The topological polar surface area (TPSA) is 112 Å². The van der Waals surface area contributed by atoms with Crippen molar-refractivity contribution in [3.63, 3.8) is 0 Å². The van der Waals surface area contributed by atoms with Crippen LogP contribution in [0.4, 0.5) is 4.79 Å². The standard InChI is InChI=1S/C21H26N6O4/c28-18-10-31-16-1-3-25(9-15(16)24-18)20(30)26-11-21(12-26)7-13(8-21)5-14-6-17-22-2-4-27(17)19(29)23-14/h2,4,6,13,15-16H,1,3,5,7-12H2,(H,23,29)(H,24,28)/t15-,16+/m1/s1. The van der Waals surface area contributed by atoms with Crippen LogP contribution in [0.2, 0.25) is 0 Å². The van der Waals surface area contributed by atoms with Crippen LogP contribution >= 0.6 is 0 Å². The SMILES string of the molecule is O=C1CO[C@H]2CCN(C(=O)N3CC4(CC(Cc5cc6nccn6c(=O)[nH]5)C4)C3)C[C@H]2N1. The van der Waals surface area contributed by atoms with Crippen LogP contribution < -0.4 is 11.0 Å². The number of morpholine rings is 1. The van der Waals surface area contributed by atoms with Crippen molar-refractivity contribution in [1.29, 1.82) is 0 Å². The van der Waals surface area contributed by atoms with Gasteiger partial charge in [-0.3, -0.25) is 9.20 Å². The number of piperidine rings is 1. The summed E-state index contributed by atoms with van der Waals surface area (Å²) in [5, 5.41) is 2.95. The number of nitrogens with zero attached hydrogens (tertiary/aromatic N) is 4. The Labute approximate surface area is 178 Å². The number of likely N-dealkylation sites (tertiary alicyclic amines) is 2. The first-order chi connectivity index (χ1) is 15.0. The van der Waals surface area contributed by atoms with E-state index in [0.717, 1.165) is 44.5 Å². The third-order valence-electron chi connectivity index (χ3n) is 7.33. The molecule has 2 N–H and O–H groups in total. The summed E-state index contributed by atoms with van der Waals surface area (Å²) in [4.78, 5) is 47.6. The van der Waals surface area contributed by atoms with E-state index in [4.69, 9.17) is 4.74 Å². The monoisotopic (exact) mass is 426 g/mol. The van der Waals surface area contributed by atoms with Crippen LogP contribution in [0.25, 0.3) is 5.65 Å². The molecule has 3 aliphatic heterocycles. The number of amides is 3. The number of nitrogens with one attached hydrogen (secondary N) is 2. The van der Waals surface area contributed by atoms with Gasteiger partial charge in [0, 0.05) is 55.7 Å². The normalized spacial score (nSPS) is 27.5. The second-order valence-electron chi connectivity index (χ2n) is 9.63. The van der Waals surface area contributed by atoms with Gasteiger partial charge in [-0.25, -0.2) is 14.6 Å². The van der Waals surface area contributed by atoms with Gasteiger partial charge in [0.25, 0.3) is 0 Å². The van der Waals surface area contributed by atoms with E-state index in [2.05, 4.69) is 15.3 Å². The zero-order valence-electron chi connectivity index (χ0n) is 17.2. The van der Waals surface area contributed by atoms with Gasteiger partial charge >= 0.3 is 11.7 Å². The second kappa shape index (κ2) is 6.81. The molecule has 2 atom stereocenters. The molecular weight excluding hydrogens is 400 g/mol. The number of H-pyrrole nitrogens is 1. The van der Waals surface area contributed by atoms with Crippen LogP contribution in [0.5, 0.6) is 0 Å². The summed E-state index contributed by atoms with van der Waals surface area (Å²) in [5.41, 5.74) is 1.69. The Kier molecular flexibility index (Phi) is 4.14. The first-order valence-electron chi connectivity index (χ1n) is 11.0. The molecule has 0 aromatic carbocycles. The van der Waals surface area contributed by atoms with Crippen LogP contribution in [-0.2, 0) is 16.0 Å². The Morgan fingerprint density at radius 1 is 1.26 bits per heavy atom. The van der Waals surface area contributed by atoms with Gasteiger partial charge in [-0.1, -0.05) is 0 Å². The first-order valence-corrected chi connectivity index (χ1v) is 11.0. The largest absolute Gasteiger partial charge is 0.366 e. The van der Waals surface area contributed by atoms with E-state index < -0.39 is 0 Å². The molecule has 3 saturated heterocycles. The van der Waals surface area contributed by atoms with Gasteiger partial charge in [0.1, 0.15) is 12.3 Å². The van der Waals surface area contributed by atoms with Crippen molar-refractivity contribution >= 4 is 17.6 Å². The van der Waals surface area contributed by atoms with E-state index >= 15 is 0 Å². The average Bonchev–Trinajstić information content (AvgIpc) is 3.17. The van der Waals surface area contributed by atoms with E-state index in [1.807, 2.05) is 15.9 Å². The molecule has 2 aromatic heterocycles. The Morgan fingerprint density at radius 2 is 2.10 bits per heavy atom. The molecule has 31 heavy (non-hydrogen) atoms. The third-order valence-corrected chi connectivity index (χ3v) is 7.33. The minimum atomic E-state index is -0.150. The summed E-state index contributed by atoms with van der Waals surface area (Å²) >= 11 is 0. The second-order valence-corrected chi connectivity index (χ2v) is 9.63. The molecule has 1 aliphatic carbocycles. The maximum Gasteiger partial charge on any atom is 0.331 e. The number of rotatable bonds is 2. The molecule has 10 heteroatoms. The molecule has 3 amide bonds. The molecular formula is C21H26N6O4. The third kappa shape index (κ3) is 3.20. The number of urea groups is 1. The fourth-order valence-corrected chi connectivity index (χ4v) is 5.94. The number of hydrogen-bond donors (Lipinski definition) is 2. The van der Waals surface area contributed by atoms with E-state index in [1.54, 1.807) is 12.4 Å². The number of carbonyl (C=O) groups is 2. The van der Waals surface area contributed by atoms with Gasteiger partial charge in [-0.15, -0.1) is 0 Å². The van der Waals surface area contributed by atoms with E-state index in [9.17, 15) is 14.4 Å². The zero-order chi connectivity index (χ0) is 21.2. The van der Waals surface area contributed by atoms with Crippen LogP contribution in [0.3, 0.4) is 0 Å². The van der Waals surface area contributed by atoms with E-state index in [1.165, 1.54) is 4.40 Å². The minimum absolute atomic E-state index is 0.0181. The van der Waals surface area contributed by atoms with Crippen molar-refractivity contribution in [3.8, 4) is 0 Å². The lowest BCUT2D eigenvalue weighted by Crippen LogP contribution is -2.68. The van der Waals surface area contributed by atoms with Crippen LogP contribution in [0.15, 0.2) is 23.3 Å². The summed E-state index contributed by atoms with van der Waals surface area (Å²) in [7, 11) is 0. The number of ether oxygens (including phenoxy) is 1. The van der Waals surface area contributed by atoms with Gasteiger partial charge in [0.05, 0.1) is 12.1 Å². The molecule has 164 valence electrons. The highest BCUT2D eigenvalue weighted by Gasteiger charge is 2.54. The van der Waals surface area contributed by atoms with Gasteiger partial charge in [0.2, 0.25) is 5.91 Å². The summed E-state index contributed by atoms with van der Waals surface area (Å²) < 4.78 is 7.09. The highest BCUT2D eigenvalue weighted by molar-refractivity contribution is 5.79. The lowest BCUT2D eigenvalue weighted by Gasteiger charge is -2.60. The van der Waals surface area contributed by atoms with Crippen molar-refractivity contribution in [2.45, 2.75) is 37.8 Å². The van der Waals surface area contributed by atoms with Crippen LogP contribution in [0, 0.1) is 11.3 Å². The fraction of sp³-hybridized carbons (Fsp3) is 0.619. The molecule has 1 saturated carbocycles. The molecule has 0 bridgehead atoms. The molecule has 2 aromatic rings. The Hall–Kier alpha value is -2.88.